The number of hydrogen-bond donors (Lipinski definition) is 1. The number of hydrogen-bond acceptors (Lipinski definition) is 2. The molecule has 1 atom stereocenters. The summed E-state index contributed by atoms with van der Waals surface area (Å²) < 4.78 is 0. The minimum atomic E-state index is -0.840. The minimum Gasteiger partial charge on any atom is -0.481 e. The molecule has 0 saturated heterocycles. The molecule has 1 aromatic rings. The molecule has 4 nitrogen and oxygen atoms in total. The van der Waals surface area contributed by atoms with E-state index in [1.54, 1.807) is 0 Å². The Morgan fingerprint density at radius 1 is 1.24 bits per heavy atom. The third-order valence-corrected chi connectivity index (χ3v) is 4.09. The molecule has 4 heteroatoms. The monoisotopic (exact) mass is 289 g/mol. The summed E-state index contributed by atoms with van der Waals surface area (Å²) in [4.78, 5) is 24.9. The van der Waals surface area contributed by atoms with Crippen molar-refractivity contribution >= 4 is 11.9 Å². The van der Waals surface area contributed by atoms with Crippen LogP contribution in [0.1, 0.15) is 44.6 Å². The average molecular weight is 289 g/mol. The van der Waals surface area contributed by atoms with Crippen LogP contribution in [0.3, 0.4) is 0 Å². The summed E-state index contributed by atoms with van der Waals surface area (Å²) in [5.41, 5.74) is 1.12. The van der Waals surface area contributed by atoms with Crippen LogP contribution in [0, 0.1) is 5.92 Å². The number of carboxylic acids is 1. The van der Waals surface area contributed by atoms with Crippen LogP contribution in [0.25, 0.3) is 0 Å². The Kier molecular flexibility index (Phi) is 5.37. The van der Waals surface area contributed by atoms with Crippen LogP contribution in [-0.2, 0) is 16.1 Å². The van der Waals surface area contributed by atoms with E-state index in [2.05, 4.69) is 6.92 Å². The molecule has 0 spiro atoms. The molecule has 1 aliphatic carbocycles. The summed E-state index contributed by atoms with van der Waals surface area (Å²) in [5, 5.41) is 8.68. The van der Waals surface area contributed by atoms with E-state index in [-0.39, 0.29) is 18.4 Å². The van der Waals surface area contributed by atoms with Crippen molar-refractivity contribution in [2.24, 2.45) is 5.92 Å². The first kappa shape index (κ1) is 15.5. The second-order valence-electron chi connectivity index (χ2n) is 5.83. The van der Waals surface area contributed by atoms with Crippen LogP contribution in [0.5, 0.6) is 0 Å². The van der Waals surface area contributed by atoms with Crippen molar-refractivity contribution in [1.82, 2.24) is 4.90 Å². The molecule has 0 aliphatic heterocycles. The molecule has 114 valence electrons. The molecular formula is C17H23NO3. The number of rotatable bonds is 8. The van der Waals surface area contributed by atoms with Crippen LogP contribution in [-0.4, -0.2) is 27.9 Å². The number of nitrogens with zero attached hydrogens (tertiary/aromatic N) is 1. The van der Waals surface area contributed by atoms with E-state index in [9.17, 15) is 9.59 Å². The van der Waals surface area contributed by atoms with Crippen LogP contribution in [0.15, 0.2) is 30.3 Å². The first-order valence-electron chi connectivity index (χ1n) is 7.63. The predicted molar refractivity (Wildman–Crippen MR) is 80.7 cm³/mol. The quantitative estimate of drug-likeness (QED) is 0.800. The Labute approximate surface area is 125 Å². The van der Waals surface area contributed by atoms with Gasteiger partial charge in [-0.15, -0.1) is 0 Å². The van der Waals surface area contributed by atoms with Crippen molar-refractivity contribution in [3.63, 3.8) is 0 Å². The molecule has 0 heterocycles. The Hall–Kier alpha value is -1.84. The molecule has 0 aromatic heterocycles. The highest BCUT2D eigenvalue weighted by Gasteiger charge is 2.34. The van der Waals surface area contributed by atoms with E-state index in [0.29, 0.717) is 25.3 Å². The zero-order valence-corrected chi connectivity index (χ0v) is 12.5. The fourth-order valence-electron chi connectivity index (χ4n) is 2.61. The van der Waals surface area contributed by atoms with Gasteiger partial charge in [-0.2, -0.15) is 0 Å². The Bertz CT molecular complexity index is 482. The van der Waals surface area contributed by atoms with Crippen molar-refractivity contribution in [2.45, 2.75) is 51.6 Å². The maximum Gasteiger partial charge on any atom is 0.303 e. The van der Waals surface area contributed by atoms with Gasteiger partial charge in [0.05, 0.1) is 0 Å². The molecule has 2 rings (SSSR count). The molecule has 1 N–H and O–H groups in total. The third kappa shape index (κ3) is 4.88. The van der Waals surface area contributed by atoms with Gasteiger partial charge < -0.3 is 10.0 Å². The van der Waals surface area contributed by atoms with Gasteiger partial charge in [0.25, 0.3) is 0 Å². The summed E-state index contributed by atoms with van der Waals surface area (Å²) >= 11 is 0. The SMILES string of the molecule is CC(C1CC1)N(Cc1ccccc1)C(=O)CCCC(=O)O. The molecule has 1 saturated carbocycles. The van der Waals surface area contributed by atoms with Gasteiger partial charge in [-0.05, 0) is 37.7 Å². The molecule has 1 amide bonds. The van der Waals surface area contributed by atoms with E-state index in [4.69, 9.17) is 5.11 Å². The lowest BCUT2D eigenvalue weighted by Gasteiger charge is -2.29. The third-order valence-electron chi connectivity index (χ3n) is 4.09. The van der Waals surface area contributed by atoms with Gasteiger partial charge in [-0.3, -0.25) is 9.59 Å². The number of carboxylic acid groups (broad SMARTS) is 1. The Morgan fingerprint density at radius 2 is 1.90 bits per heavy atom. The van der Waals surface area contributed by atoms with Crippen LogP contribution in [0.4, 0.5) is 0 Å². The van der Waals surface area contributed by atoms with Gasteiger partial charge in [-0.25, -0.2) is 0 Å². The number of aliphatic carboxylic acids is 1. The highest BCUT2D eigenvalue weighted by molar-refractivity contribution is 5.77. The van der Waals surface area contributed by atoms with E-state index in [1.807, 2.05) is 35.2 Å². The minimum absolute atomic E-state index is 0.0583. The van der Waals surface area contributed by atoms with Gasteiger partial charge >= 0.3 is 5.97 Å². The largest absolute Gasteiger partial charge is 0.481 e. The first-order chi connectivity index (χ1) is 10.1. The second-order valence-corrected chi connectivity index (χ2v) is 5.83. The van der Waals surface area contributed by atoms with Gasteiger partial charge in [0.15, 0.2) is 0 Å². The average Bonchev–Trinajstić information content (AvgIpc) is 3.29. The van der Waals surface area contributed by atoms with E-state index < -0.39 is 5.97 Å². The normalized spacial score (nSPS) is 15.5. The molecule has 21 heavy (non-hydrogen) atoms. The number of amides is 1. The number of carbonyl (C=O) groups is 2. The van der Waals surface area contributed by atoms with Gasteiger partial charge in [0.1, 0.15) is 0 Å². The highest BCUT2D eigenvalue weighted by Crippen LogP contribution is 2.36. The van der Waals surface area contributed by atoms with Crippen molar-refractivity contribution in [1.29, 1.82) is 0 Å². The van der Waals surface area contributed by atoms with Crippen LogP contribution in [0.2, 0.25) is 0 Å². The molecule has 0 bridgehead atoms. The highest BCUT2D eigenvalue weighted by atomic mass is 16.4. The molecule has 1 fully saturated rings. The summed E-state index contributed by atoms with van der Waals surface area (Å²) in [6.07, 6.45) is 3.17. The van der Waals surface area contributed by atoms with Gasteiger partial charge in [0, 0.05) is 25.4 Å². The lowest BCUT2D eigenvalue weighted by Crippen LogP contribution is -2.39. The summed E-state index contributed by atoms with van der Waals surface area (Å²) in [6.45, 7) is 2.72. The second kappa shape index (κ2) is 7.25. The van der Waals surface area contributed by atoms with Crippen molar-refractivity contribution in [3.8, 4) is 0 Å². The fourth-order valence-corrected chi connectivity index (χ4v) is 2.61. The van der Waals surface area contributed by atoms with E-state index in [1.165, 1.54) is 12.8 Å². The van der Waals surface area contributed by atoms with Gasteiger partial charge in [0.2, 0.25) is 5.91 Å². The molecule has 1 aliphatic rings. The molecule has 1 unspecified atom stereocenters. The Morgan fingerprint density at radius 3 is 2.48 bits per heavy atom. The van der Waals surface area contributed by atoms with E-state index >= 15 is 0 Å². The lowest BCUT2D eigenvalue weighted by molar-refractivity contribution is -0.137. The number of benzene rings is 1. The number of carbonyl (C=O) groups excluding carboxylic acids is 1. The summed E-state index contributed by atoms with van der Waals surface area (Å²) in [5.74, 6) is -0.163. The first-order valence-corrected chi connectivity index (χ1v) is 7.63. The van der Waals surface area contributed by atoms with Crippen LogP contribution >= 0.6 is 0 Å². The molecular weight excluding hydrogens is 266 g/mol. The summed E-state index contributed by atoms with van der Waals surface area (Å²) in [6, 6.07) is 10.2. The maximum absolute atomic E-state index is 12.4. The zero-order chi connectivity index (χ0) is 15.2. The lowest BCUT2D eigenvalue weighted by atomic mass is 10.1. The smallest absolute Gasteiger partial charge is 0.303 e. The maximum atomic E-state index is 12.4. The van der Waals surface area contributed by atoms with E-state index in [0.717, 1.165) is 5.56 Å². The standard InChI is InChI=1S/C17H23NO3/c1-13(15-10-11-15)18(12-14-6-3-2-4-7-14)16(19)8-5-9-17(20)21/h2-4,6-7,13,15H,5,8-12H2,1H3,(H,20,21). The topological polar surface area (TPSA) is 57.6 Å². The van der Waals surface area contributed by atoms with Crippen molar-refractivity contribution in [3.05, 3.63) is 35.9 Å². The fraction of sp³-hybridized carbons (Fsp3) is 0.529. The summed E-state index contributed by atoms with van der Waals surface area (Å²) in [7, 11) is 0. The van der Waals surface area contributed by atoms with Gasteiger partial charge in [-0.1, -0.05) is 30.3 Å². The predicted octanol–water partition coefficient (Wildman–Crippen LogP) is 3.07. The van der Waals surface area contributed by atoms with Crippen molar-refractivity contribution in [2.75, 3.05) is 0 Å². The van der Waals surface area contributed by atoms with Crippen molar-refractivity contribution < 1.29 is 14.7 Å². The Balaban J connectivity index is 1.97. The molecule has 0 radical (unpaired) electrons. The van der Waals surface area contributed by atoms with Crippen LogP contribution < -0.4 is 0 Å². The molecule has 1 aromatic carbocycles. The zero-order valence-electron chi connectivity index (χ0n) is 12.5.